The number of rotatable bonds is 6. The maximum Gasteiger partial charge on any atom is 0.258 e. The fourth-order valence-corrected chi connectivity index (χ4v) is 4.84. The SMILES string of the molecule is COc1ccc(-n2c(C3CCCCN3C(=O)c3ccc(OC)cc3OC)nc3ccccc32)cc1. The Labute approximate surface area is 204 Å². The number of methoxy groups -OCH3 is 3. The van der Waals surface area contributed by atoms with E-state index in [0.29, 0.717) is 23.6 Å². The first kappa shape index (κ1) is 22.8. The Balaban J connectivity index is 1.61. The quantitative estimate of drug-likeness (QED) is 0.376. The predicted octanol–water partition coefficient (Wildman–Crippen LogP) is 5.42. The first-order chi connectivity index (χ1) is 17.1. The lowest BCUT2D eigenvalue weighted by atomic mass is 9.99. The first-order valence-corrected chi connectivity index (χ1v) is 11.8. The summed E-state index contributed by atoms with van der Waals surface area (Å²) in [6.07, 6.45) is 2.81. The molecule has 1 saturated heterocycles. The van der Waals surface area contributed by atoms with E-state index in [1.54, 1.807) is 39.5 Å². The molecule has 0 N–H and O–H groups in total. The molecule has 1 aliphatic rings. The Morgan fingerprint density at radius 2 is 1.63 bits per heavy atom. The van der Waals surface area contributed by atoms with Gasteiger partial charge in [0.05, 0.1) is 44.0 Å². The second kappa shape index (κ2) is 9.70. The summed E-state index contributed by atoms with van der Waals surface area (Å²) in [7, 11) is 4.83. The number of para-hydroxylation sites is 2. The number of hydrogen-bond acceptors (Lipinski definition) is 5. The number of imidazole rings is 1. The third-order valence-electron chi connectivity index (χ3n) is 6.62. The number of carbonyl (C=O) groups is 1. The van der Waals surface area contributed by atoms with Crippen LogP contribution in [0.3, 0.4) is 0 Å². The highest BCUT2D eigenvalue weighted by Gasteiger charge is 2.34. The Bertz CT molecular complexity index is 1350. The van der Waals surface area contributed by atoms with Crippen molar-refractivity contribution in [2.75, 3.05) is 27.9 Å². The van der Waals surface area contributed by atoms with Crippen LogP contribution in [-0.4, -0.2) is 48.2 Å². The number of benzene rings is 3. The van der Waals surface area contributed by atoms with Gasteiger partial charge in [-0.25, -0.2) is 4.98 Å². The van der Waals surface area contributed by atoms with E-state index in [4.69, 9.17) is 19.2 Å². The van der Waals surface area contributed by atoms with Crippen molar-refractivity contribution in [2.45, 2.75) is 25.3 Å². The molecule has 7 heteroatoms. The fourth-order valence-electron chi connectivity index (χ4n) is 4.84. The van der Waals surface area contributed by atoms with Crippen molar-refractivity contribution in [3.63, 3.8) is 0 Å². The zero-order valence-corrected chi connectivity index (χ0v) is 20.2. The van der Waals surface area contributed by atoms with Crippen molar-refractivity contribution >= 4 is 16.9 Å². The summed E-state index contributed by atoms with van der Waals surface area (Å²) in [4.78, 5) is 20.8. The molecule has 7 nitrogen and oxygen atoms in total. The average Bonchev–Trinajstić information content (AvgIpc) is 3.31. The van der Waals surface area contributed by atoms with E-state index in [0.717, 1.165) is 47.6 Å². The smallest absolute Gasteiger partial charge is 0.258 e. The van der Waals surface area contributed by atoms with Gasteiger partial charge in [-0.2, -0.15) is 0 Å². The van der Waals surface area contributed by atoms with Gasteiger partial charge in [-0.05, 0) is 67.8 Å². The van der Waals surface area contributed by atoms with Crippen LogP contribution in [0.1, 0.15) is 41.5 Å². The van der Waals surface area contributed by atoms with E-state index in [-0.39, 0.29) is 11.9 Å². The number of likely N-dealkylation sites (tertiary alicyclic amines) is 1. The highest BCUT2D eigenvalue weighted by atomic mass is 16.5. The minimum absolute atomic E-state index is 0.0671. The van der Waals surface area contributed by atoms with Crippen LogP contribution in [-0.2, 0) is 0 Å². The summed E-state index contributed by atoms with van der Waals surface area (Å²) in [5, 5.41) is 0. The monoisotopic (exact) mass is 471 g/mol. The van der Waals surface area contributed by atoms with Gasteiger partial charge in [0.25, 0.3) is 5.91 Å². The standard InChI is InChI=1S/C28H29N3O4/c1-33-20-13-11-19(12-14-20)31-24-9-5-4-8-23(24)29-27(31)25-10-6-7-17-30(25)28(32)22-16-15-21(34-2)18-26(22)35-3/h4-5,8-9,11-16,18,25H,6-7,10,17H2,1-3H3. The van der Waals surface area contributed by atoms with Crippen molar-refractivity contribution < 1.29 is 19.0 Å². The molecule has 0 spiro atoms. The third kappa shape index (κ3) is 4.18. The zero-order chi connectivity index (χ0) is 24.4. The van der Waals surface area contributed by atoms with Crippen LogP contribution < -0.4 is 14.2 Å². The number of piperidine rings is 1. The van der Waals surface area contributed by atoms with Crippen LogP contribution in [0.15, 0.2) is 66.7 Å². The summed E-state index contributed by atoms with van der Waals surface area (Å²) in [5.41, 5.74) is 3.41. The number of amides is 1. The van der Waals surface area contributed by atoms with E-state index in [1.807, 2.05) is 47.4 Å². The molecule has 5 rings (SSSR count). The molecule has 1 fully saturated rings. The summed E-state index contributed by atoms with van der Waals surface area (Å²) >= 11 is 0. The van der Waals surface area contributed by atoms with Crippen LogP contribution in [0.25, 0.3) is 16.7 Å². The van der Waals surface area contributed by atoms with E-state index in [2.05, 4.69) is 10.6 Å². The van der Waals surface area contributed by atoms with Crippen LogP contribution in [0.2, 0.25) is 0 Å². The van der Waals surface area contributed by atoms with Crippen molar-refractivity contribution in [1.82, 2.24) is 14.5 Å². The van der Waals surface area contributed by atoms with Gasteiger partial charge in [0, 0.05) is 18.3 Å². The van der Waals surface area contributed by atoms with Crippen LogP contribution in [0.5, 0.6) is 17.2 Å². The molecule has 1 amide bonds. The van der Waals surface area contributed by atoms with E-state index >= 15 is 0 Å². The van der Waals surface area contributed by atoms with Gasteiger partial charge in [-0.1, -0.05) is 12.1 Å². The average molecular weight is 472 g/mol. The lowest BCUT2D eigenvalue weighted by Crippen LogP contribution is -2.39. The maximum absolute atomic E-state index is 13.9. The van der Waals surface area contributed by atoms with Gasteiger partial charge >= 0.3 is 0 Å². The van der Waals surface area contributed by atoms with Gasteiger partial charge in [-0.15, -0.1) is 0 Å². The second-order valence-electron chi connectivity index (χ2n) is 8.57. The third-order valence-corrected chi connectivity index (χ3v) is 6.62. The summed E-state index contributed by atoms with van der Waals surface area (Å²) < 4.78 is 18.4. The van der Waals surface area contributed by atoms with Gasteiger partial charge in [0.1, 0.15) is 23.1 Å². The molecule has 3 aromatic carbocycles. The second-order valence-corrected chi connectivity index (χ2v) is 8.57. The van der Waals surface area contributed by atoms with E-state index in [9.17, 15) is 4.79 Å². The van der Waals surface area contributed by atoms with Crippen molar-refractivity contribution in [2.24, 2.45) is 0 Å². The Morgan fingerprint density at radius 1 is 0.886 bits per heavy atom. The van der Waals surface area contributed by atoms with Crippen LogP contribution in [0, 0.1) is 0 Å². The molecule has 1 unspecified atom stereocenters. The molecule has 1 aromatic heterocycles. The molecule has 0 saturated carbocycles. The molecular formula is C28H29N3O4. The Kier molecular flexibility index (Phi) is 6.31. The highest BCUT2D eigenvalue weighted by molar-refractivity contribution is 5.97. The summed E-state index contributed by atoms with van der Waals surface area (Å²) in [5.74, 6) is 2.73. The molecule has 1 aliphatic heterocycles. The molecule has 0 radical (unpaired) electrons. The number of aromatic nitrogens is 2. The maximum atomic E-state index is 13.9. The zero-order valence-electron chi connectivity index (χ0n) is 20.2. The van der Waals surface area contributed by atoms with Crippen molar-refractivity contribution in [3.05, 3.63) is 78.1 Å². The topological polar surface area (TPSA) is 65.8 Å². The minimum Gasteiger partial charge on any atom is -0.497 e. The normalized spacial score (nSPS) is 15.7. The van der Waals surface area contributed by atoms with Crippen LogP contribution >= 0.6 is 0 Å². The summed E-state index contributed by atoms with van der Waals surface area (Å²) in [6, 6.07) is 21.2. The van der Waals surface area contributed by atoms with Gasteiger partial charge in [0.2, 0.25) is 0 Å². The minimum atomic E-state index is -0.169. The highest BCUT2D eigenvalue weighted by Crippen LogP contribution is 2.37. The van der Waals surface area contributed by atoms with Crippen molar-refractivity contribution in [1.29, 1.82) is 0 Å². The molecule has 0 aliphatic carbocycles. The molecule has 180 valence electrons. The fraction of sp³-hybridized carbons (Fsp3) is 0.286. The number of hydrogen-bond donors (Lipinski definition) is 0. The van der Waals surface area contributed by atoms with Gasteiger partial charge in [0.15, 0.2) is 0 Å². The van der Waals surface area contributed by atoms with Gasteiger partial charge in [-0.3, -0.25) is 9.36 Å². The molecule has 1 atom stereocenters. The van der Waals surface area contributed by atoms with E-state index in [1.165, 1.54) is 0 Å². The number of carbonyl (C=O) groups excluding carboxylic acids is 1. The van der Waals surface area contributed by atoms with Gasteiger partial charge < -0.3 is 19.1 Å². The van der Waals surface area contributed by atoms with Crippen molar-refractivity contribution in [3.8, 4) is 22.9 Å². The molecule has 0 bridgehead atoms. The number of ether oxygens (including phenoxy) is 3. The Morgan fingerprint density at radius 3 is 2.37 bits per heavy atom. The lowest BCUT2D eigenvalue weighted by molar-refractivity contribution is 0.0595. The summed E-state index contributed by atoms with van der Waals surface area (Å²) in [6.45, 7) is 0.657. The predicted molar refractivity (Wildman–Crippen MR) is 135 cm³/mol. The lowest BCUT2D eigenvalue weighted by Gasteiger charge is -2.36. The molecule has 2 heterocycles. The molecule has 35 heavy (non-hydrogen) atoms. The van der Waals surface area contributed by atoms with Crippen LogP contribution in [0.4, 0.5) is 0 Å². The van der Waals surface area contributed by atoms with E-state index < -0.39 is 0 Å². The molecular weight excluding hydrogens is 442 g/mol. The largest absolute Gasteiger partial charge is 0.497 e. The Hall–Kier alpha value is -4.00. The number of nitrogens with zero attached hydrogens (tertiary/aromatic N) is 3. The molecule has 4 aromatic rings. The number of fused-ring (bicyclic) bond motifs is 1. The first-order valence-electron chi connectivity index (χ1n) is 11.8.